The minimum atomic E-state index is -4.16. The van der Waals surface area contributed by atoms with Crippen molar-refractivity contribution in [2.45, 2.75) is 38.2 Å². The highest BCUT2D eigenvalue weighted by Gasteiger charge is 2.34. The lowest BCUT2D eigenvalue weighted by Crippen LogP contribution is -2.34. The number of ether oxygens (including phenoxy) is 3. The summed E-state index contributed by atoms with van der Waals surface area (Å²) in [6, 6.07) is 6.97. The van der Waals surface area contributed by atoms with Crippen molar-refractivity contribution in [3.63, 3.8) is 0 Å². The molecule has 0 N–H and O–H groups in total. The molecule has 0 saturated heterocycles. The third-order valence-electron chi connectivity index (χ3n) is 5.55. The normalized spacial score (nSPS) is 12.3. The van der Waals surface area contributed by atoms with E-state index in [2.05, 4.69) is 5.16 Å². The van der Waals surface area contributed by atoms with Gasteiger partial charge in [-0.2, -0.15) is 8.42 Å². The van der Waals surface area contributed by atoms with Gasteiger partial charge in [0.25, 0.3) is 20.1 Å². The summed E-state index contributed by atoms with van der Waals surface area (Å²) in [5, 5.41) is 4.00. The highest BCUT2D eigenvalue weighted by atomic mass is 32.2. The zero-order valence-electron chi connectivity index (χ0n) is 22.1. The first-order chi connectivity index (χ1) is 17.9. The molecule has 0 aliphatic heterocycles. The van der Waals surface area contributed by atoms with Gasteiger partial charge in [0.15, 0.2) is 5.82 Å². The molecule has 11 nitrogen and oxygen atoms in total. The number of nitrogens with zero attached hydrogens (tertiary/aromatic N) is 2. The fraction of sp³-hybridized carbons (Fsp3) is 0.458. The van der Waals surface area contributed by atoms with E-state index in [0.717, 1.165) is 26.8 Å². The van der Waals surface area contributed by atoms with Gasteiger partial charge in [-0.15, -0.1) is 11.3 Å². The third-order valence-corrected chi connectivity index (χ3v) is 9.37. The van der Waals surface area contributed by atoms with Crippen LogP contribution >= 0.6 is 11.3 Å². The minimum Gasteiger partial charge on any atom is -0.382 e. The molecule has 0 aliphatic rings. The number of rotatable bonds is 14. The zero-order valence-corrected chi connectivity index (χ0v) is 24.6. The van der Waals surface area contributed by atoms with E-state index in [1.165, 1.54) is 14.2 Å². The molecule has 0 unspecified atom stereocenters. The zero-order chi connectivity index (χ0) is 28.1. The van der Waals surface area contributed by atoms with Crippen molar-refractivity contribution in [3.8, 4) is 11.1 Å². The first kappa shape index (κ1) is 30.2. The van der Waals surface area contributed by atoms with Crippen LogP contribution in [0.15, 0.2) is 33.0 Å². The molecule has 0 radical (unpaired) electrons. The Balaban J connectivity index is 2.10. The maximum atomic E-state index is 14.1. The fourth-order valence-electron chi connectivity index (χ4n) is 3.59. The van der Waals surface area contributed by atoms with Gasteiger partial charge in [0.05, 0.1) is 32.7 Å². The standard InChI is InChI=1S/C24H32N2O9S3/c1-16-11-22(21-8-7-19(12-20(21)14-32-5)13-34-37(6,27)28)24(36-16)38(29,30)26(15-33-10-9-31-4)23-17(2)18(3)35-25-23/h7-8,11-12H,9-10,13-15H2,1-6H3. The molecule has 210 valence electrons. The number of sulfonamides is 1. The summed E-state index contributed by atoms with van der Waals surface area (Å²) in [6.45, 7) is 5.46. The Kier molecular flexibility index (Phi) is 10.1. The van der Waals surface area contributed by atoms with Gasteiger partial charge in [-0.25, -0.2) is 12.7 Å². The third kappa shape index (κ3) is 7.20. The van der Waals surface area contributed by atoms with Gasteiger partial charge in [-0.3, -0.25) is 4.18 Å². The smallest absolute Gasteiger partial charge is 0.277 e. The Labute approximate surface area is 227 Å². The molecule has 0 atom stereocenters. The van der Waals surface area contributed by atoms with Crippen LogP contribution in [0.1, 0.15) is 27.3 Å². The van der Waals surface area contributed by atoms with Crippen molar-refractivity contribution >= 4 is 37.3 Å². The van der Waals surface area contributed by atoms with Crippen molar-refractivity contribution in [2.75, 3.05) is 44.7 Å². The Morgan fingerprint density at radius 3 is 2.32 bits per heavy atom. The van der Waals surface area contributed by atoms with Crippen LogP contribution in [0.4, 0.5) is 5.82 Å². The fourth-order valence-corrected chi connectivity index (χ4v) is 7.04. The Morgan fingerprint density at radius 1 is 0.974 bits per heavy atom. The average molecular weight is 589 g/mol. The van der Waals surface area contributed by atoms with Crippen molar-refractivity contribution in [1.29, 1.82) is 0 Å². The molecule has 0 spiro atoms. The summed E-state index contributed by atoms with van der Waals surface area (Å²) >= 11 is 1.13. The molecule has 0 saturated carbocycles. The number of hydrogen-bond acceptors (Lipinski definition) is 11. The predicted octanol–water partition coefficient (Wildman–Crippen LogP) is 3.77. The molecule has 3 aromatic rings. The maximum Gasteiger partial charge on any atom is 0.277 e. The quantitative estimate of drug-likeness (QED) is 0.156. The summed E-state index contributed by atoms with van der Waals surface area (Å²) in [5.41, 5.74) is 2.97. The average Bonchev–Trinajstić information content (AvgIpc) is 3.40. The predicted molar refractivity (Wildman–Crippen MR) is 143 cm³/mol. The molecule has 0 fully saturated rings. The van der Waals surface area contributed by atoms with Gasteiger partial charge in [0.1, 0.15) is 16.7 Å². The molecule has 0 aliphatic carbocycles. The number of thiophene rings is 1. The van der Waals surface area contributed by atoms with Crippen molar-refractivity contribution in [2.24, 2.45) is 0 Å². The van der Waals surface area contributed by atoms with E-state index < -0.39 is 20.1 Å². The van der Waals surface area contributed by atoms with Crippen LogP contribution in [0, 0.1) is 20.8 Å². The van der Waals surface area contributed by atoms with Gasteiger partial charge in [0, 0.05) is 30.2 Å². The van der Waals surface area contributed by atoms with Crippen molar-refractivity contribution in [1.82, 2.24) is 5.16 Å². The van der Waals surface area contributed by atoms with Gasteiger partial charge in [-0.05, 0) is 43.5 Å². The molecule has 3 rings (SSSR count). The lowest BCUT2D eigenvalue weighted by Gasteiger charge is -2.22. The lowest BCUT2D eigenvalue weighted by molar-refractivity contribution is 0.0753. The number of aromatic nitrogens is 1. The van der Waals surface area contributed by atoms with Crippen LogP contribution in [0.5, 0.6) is 0 Å². The van der Waals surface area contributed by atoms with E-state index in [1.54, 1.807) is 38.1 Å². The number of hydrogen-bond donors (Lipinski definition) is 0. The molecular formula is C24H32N2O9S3. The van der Waals surface area contributed by atoms with Crippen molar-refractivity contribution in [3.05, 3.63) is 51.6 Å². The SMILES string of the molecule is COCCOCN(c1noc(C)c1C)S(=O)(=O)c1sc(C)cc1-c1ccc(COS(C)(=O)=O)cc1COC. The summed E-state index contributed by atoms with van der Waals surface area (Å²) in [5.74, 6) is 0.635. The van der Waals surface area contributed by atoms with Crippen LogP contribution < -0.4 is 4.31 Å². The summed E-state index contributed by atoms with van der Waals surface area (Å²) in [4.78, 5) is 0.778. The van der Waals surface area contributed by atoms with Crippen LogP contribution in [-0.2, 0) is 51.7 Å². The van der Waals surface area contributed by atoms with Gasteiger partial charge in [0.2, 0.25) is 0 Å². The van der Waals surface area contributed by atoms with Crippen LogP contribution in [0.25, 0.3) is 11.1 Å². The minimum absolute atomic E-state index is 0.0999. The number of aryl methyl sites for hydroxylation is 2. The van der Waals surface area contributed by atoms with Crippen LogP contribution in [-0.4, -0.2) is 62.4 Å². The first-order valence-corrected chi connectivity index (χ1v) is 15.5. The van der Waals surface area contributed by atoms with E-state index in [1.807, 2.05) is 6.92 Å². The first-order valence-electron chi connectivity index (χ1n) is 11.5. The Morgan fingerprint density at radius 2 is 1.71 bits per heavy atom. The van der Waals surface area contributed by atoms with E-state index in [4.69, 9.17) is 22.9 Å². The molecule has 2 heterocycles. The molecule has 14 heteroatoms. The molecule has 38 heavy (non-hydrogen) atoms. The molecular weight excluding hydrogens is 556 g/mol. The Hall–Kier alpha value is -2.33. The van der Waals surface area contributed by atoms with E-state index >= 15 is 0 Å². The molecule has 0 amide bonds. The summed E-state index contributed by atoms with van der Waals surface area (Å²) < 4.78 is 78.5. The van der Waals surface area contributed by atoms with Crippen LogP contribution in [0.2, 0.25) is 0 Å². The lowest BCUT2D eigenvalue weighted by atomic mass is 10.00. The topological polar surface area (TPSA) is 134 Å². The van der Waals surface area contributed by atoms with Crippen molar-refractivity contribution < 1.29 is 39.8 Å². The molecule has 2 aromatic heterocycles. The van der Waals surface area contributed by atoms with E-state index in [-0.39, 0.29) is 36.6 Å². The monoisotopic (exact) mass is 588 g/mol. The van der Waals surface area contributed by atoms with E-state index in [9.17, 15) is 16.8 Å². The summed E-state index contributed by atoms with van der Waals surface area (Å²) in [6.07, 6.45) is 0.978. The number of methoxy groups -OCH3 is 2. The summed E-state index contributed by atoms with van der Waals surface area (Å²) in [7, 11) is -4.74. The number of anilines is 1. The second-order valence-electron chi connectivity index (χ2n) is 8.52. The molecule has 0 bridgehead atoms. The second kappa shape index (κ2) is 12.7. The van der Waals surface area contributed by atoms with Crippen LogP contribution in [0.3, 0.4) is 0 Å². The maximum absolute atomic E-state index is 14.1. The van der Waals surface area contributed by atoms with E-state index in [0.29, 0.717) is 40.2 Å². The molecule has 1 aromatic carbocycles. The largest absolute Gasteiger partial charge is 0.382 e. The highest BCUT2D eigenvalue weighted by Crippen LogP contribution is 2.40. The van der Waals surface area contributed by atoms with Gasteiger partial charge in [-0.1, -0.05) is 23.4 Å². The van der Waals surface area contributed by atoms with Gasteiger partial charge >= 0.3 is 0 Å². The Bertz CT molecular complexity index is 1460. The van der Waals surface area contributed by atoms with Gasteiger partial charge < -0.3 is 18.7 Å². The highest BCUT2D eigenvalue weighted by molar-refractivity contribution is 7.95. The number of benzene rings is 1. The second-order valence-corrected chi connectivity index (χ2v) is 13.5.